The van der Waals surface area contributed by atoms with Crippen molar-refractivity contribution in [2.24, 2.45) is 5.92 Å². The van der Waals surface area contributed by atoms with Crippen LogP contribution >= 0.6 is 24.8 Å². The Kier molecular flexibility index (Phi) is 10.8. The third-order valence-corrected chi connectivity index (χ3v) is 6.04. The van der Waals surface area contributed by atoms with Crippen LogP contribution in [0, 0.1) is 12.8 Å². The minimum atomic E-state index is 0. The van der Waals surface area contributed by atoms with E-state index in [0.29, 0.717) is 19.0 Å². The lowest BCUT2D eigenvalue weighted by atomic mass is 10.1. The van der Waals surface area contributed by atoms with E-state index in [4.69, 9.17) is 5.10 Å². The van der Waals surface area contributed by atoms with E-state index in [1.165, 1.54) is 11.1 Å². The van der Waals surface area contributed by atoms with E-state index in [0.717, 1.165) is 49.5 Å². The molecule has 2 aromatic carbocycles. The van der Waals surface area contributed by atoms with Crippen molar-refractivity contribution < 1.29 is 0 Å². The first-order valence-corrected chi connectivity index (χ1v) is 11.6. The molecule has 0 atom stereocenters. The Morgan fingerprint density at radius 2 is 1.44 bits per heavy atom. The van der Waals surface area contributed by atoms with E-state index in [-0.39, 0.29) is 30.4 Å². The standard InChI is InChI=1S/C27H34N4O.2ClH/c1-21(2)18-31-27(32)25(17-26(28-31)24-11-9-22(3)10-12-24)20-30-15-13-29(14-16-30)19-23-7-5-4-6-8-23;;/h4-12,17,21H,13-16,18-20H2,1-3H3;2*1H. The molecule has 7 heteroatoms. The van der Waals surface area contributed by atoms with Gasteiger partial charge >= 0.3 is 0 Å². The van der Waals surface area contributed by atoms with E-state index in [1.807, 2.05) is 6.07 Å². The Balaban J connectivity index is 0.00000204. The molecular weight excluding hydrogens is 467 g/mol. The van der Waals surface area contributed by atoms with Gasteiger partial charge in [-0.2, -0.15) is 5.10 Å². The Bertz CT molecular complexity index is 1080. The zero-order valence-corrected chi connectivity index (χ0v) is 21.9. The SMILES string of the molecule is Cc1ccc(-c2cc(CN3CCN(Cc4ccccc4)CC3)c(=O)n(CC(C)C)n2)cc1.Cl.Cl. The average molecular weight is 504 g/mol. The molecule has 184 valence electrons. The van der Waals surface area contributed by atoms with Crippen LogP contribution in [0.1, 0.15) is 30.5 Å². The third kappa shape index (κ3) is 7.41. The highest BCUT2D eigenvalue weighted by Gasteiger charge is 2.20. The van der Waals surface area contributed by atoms with Crippen LogP contribution in [0.15, 0.2) is 65.5 Å². The van der Waals surface area contributed by atoms with Gasteiger partial charge in [-0.3, -0.25) is 14.6 Å². The predicted octanol–water partition coefficient (Wildman–Crippen LogP) is 5.04. The summed E-state index contributed by atoms with van der Waals surface area (Å²) >= 11 is 0. The van der Waals surface area contributed by atoms with Gasteiger partial charge < -0.3 is 0 Å². The maximum atomic E-state index is 13.2. The molecule has 1 saturated heterocycles. The molecule has 1 aromatic heterocycles. The van der Waals surface area contributed by atoms with Crippen molar-refractivity contribution in [2.75, 3.05) is 26.2 Å². The number of piperazine rings is 1. The van der Waals surface area contributed by atoms with Crippen LogP contribution in [0.5, 0.6) is 0 Å². The Hall–Kier alpha value is -2.18. The van der Waals surface area contributed by atoms with Crippen molar-refractivity contribution in [3.05, 3.63) is 87.7 Å². The molecule has 0 N–H and O–H groups in total. The molecule has 1 fully saturated rings. The number of aromatic nitrogens is 2. The molecular formula is C27H36Cl2N4O. The van der Waals surface area contributed by atoms with Crippen LogP contribution in [0.2, 0.25) is 0 Å². The summed E-state index contributed by atoms with van der Waals surface area (Å²) in [4.78, 5) is 18.1. The van der Waals surface area contributed by atoms with Gasteiger partial charge in [-0.1, -0.05) is 74.0 Å². The second-order valence-corrected chi connectivity index (χ2v) is 9.34. The number of benzene rings is 2. The van der Waals surface area contributed by atoms with E-state index in [2.05, 4.69) is 85.2 Å². The Labute approximate surface area is 215 Å². The summed E-state index contributed by atoms with van der Waals surface area (Å²) in [5.41, 5.74) is 5.39. The molecule has 0 bridgehead atoms. The van der Waals surface area contributed by atoms with Gasteiger partial charge in [0, 0.05) is 56.9 Å². The van der Waals surface area contributed by atoms with E-state index >= 15 is 0 Å². The van der Waals surface area contributed by atoms with Crippen molar-refractivity contribution in [2.45, 2.75) is 40.4 Å². The van der Waals surface area contributed by atoms with Gasteiger partial charge in [-0.25, -0.2) is 4.68 Å². The lowest BCUT2D eigenvalue weighted by Gasteiger charge is -2.34. The number of hydrogen-bond donors (Lipinski definition) is 0. The molecule has 34 heavy (non-hydrogen) atoms. The summed E-state index contributed by atoms with van der Waals surface area (Å²) in [6, 6.07) is 21.0. The van der Waals surface area contributed by atoms with Gasteiger partial charge in [0.05, 0.1) is 5.69 Å². The largest absolute Gasteiger partial charge is 0.297 e. The maximum absolute atomic E-state index is 13.2. The van der Waals surface area contributed by atoms with Crippen LogP contribution < -0.4 is 5.56 Å². The number of halogens is 2. The fourth-order valence-corrected chi connectivity index (χ4v) is 4.23. The van der Waals surface area contributed by atoms with Crippen molar-refractivity contribution in [1.82, 2.24) is 19.6 Å². The van der Waals surface area contributed by atoms with Crippen LogP contribution in [-0.2, 0) is 19.6 Å². The normalized spacial score (nSPS) is 14.5. The van der Waals surface area contributed by atoms with Crippen LogP contribution in [0.25, 0.3) is 11.3 Å². The average Bonchev–Trinajstić information content (AvgIpc) is 2.78. The summed E-state index contributed by atoms with van der Waals surface area (Å²) < 4.78 is 1.67. The molecule has 4 rings (SSSR count). The van der Waals surface area contributed by atoms with Gasteiger partial charge in [0.15, 0.2) is 0 Å². The topological polar surface area (TPSA) is 41.4 Å². The Morgan fingerprint density at radius 3 is 2.03 bits per heavy atom. The van der Waals surface area contributed by atoms with Gasteiger partial charge in [-0.15, -0.1) is 24.8 Å². The van der Waals surface area contributed by atoms with Gasteiger partial charge in [0.25, 0.3) is 5.56 Å². The highest BCUT2D eigenvalue weighted by Crippen LogP contribution is 2.19. The van der Waals surface area contributed by atoms with E-state index < -0.39 is 0 Å². The molecule has 3 aromatic rings. The lowest BCUT2D eigenvalue weighted by molar-refractivity contribution is 0.121. The molecule has 0 amide bonds. The molecule has 0 spiro atoms. The zero-order valence-electron chi connectivity index (χ0n) is 20.3. The van der Waals surface area contributed by atoms with Crippen LogP contribution in [0.3, 0.4) is 0 Å². The fraction of sp³-hybridized carbons (Fsp3) is 0.407. The molecule has 1 aliphatic rings. The molecule has 0 radical (unpaired) electrons. The molecule has 2 heterocycles. The van der Waals surface area contributed by atoms with Crippen LogP contribution in [0.4, 0.5) is 0 Å². The minimum Gasteiger partial charge on any atom is -0.297 e. The molecule has 0 unspecified atom stereocenters. The summed E-state index contributed by atoms with van der Waals surface area (Å²) in [5, 5.41) is 4.70. The predicted molar refractivity (Wildman–Crippen MR) is 145 cm³/mol. The maximum Gasteiger partial charge on any atom is 0.271 e. The van der Waals surface area contributed by atoms with E-state index in [1.54, 1.807) is 4.68 Å². The highest BCUT2D eigenvalue weighted by molar-refractivity contribution is 5.85. The molecule has 0 aliphatic carbocycles. The van der Waals surface area contributed by atoms with Crippen molar-refractivity contribution in [3.8, 4) is 11.3 Å². The summed E-state index contributed by atoms with van der Waals surface area (Å²) in [5.74, 6) is 0.364. The van der Waals surface area contributed by atoms with Gasteiger partial charge in [-0.05, 0) is 24.5 Å². The highest BCUT2D eigenvalue weighted by atomic mass is 35.5. The monoisotopic (exact) mass is 502 g/mol. The Morgan fingerprint density at radius 1 is 0.853 bits per heavy atom. The lowest BCUT2D eigenvalue weighted by Crippen LogP contribution is -2.46. The summed E-state index contributed by atoms with van der Waals surface area (Å²) in [7, 11) is 0. The third-order valence-electron chi connectivity index (χ3n) is 6.04. The molecule has 0 saturated carbocycles. The number of aryl methyl sites for hydroxylation is 1. The zero-order chi connectivity index (χ0) is 22.5. The van der Waals surface area contributed by atoms with Gasteiger partial charge in [0.1, 0.15) is 0 Å². The second kappa shape index (κ2) is 13.1. The molecule has 5 nitrogen and oxygen atoms in total. The number of nitrogens with zero attached hydrogens (tertiary/aromatic N) is 4. The van der Waals surface area contributed by atoms with Crippen molar-refractivity contribution in [3.63, 3.8) is 0 Å². The van der Waals surface area contributed by atoms with Crippen LogP contribution in [-0.4, -0.2) is 45.8 Å². The first-order chi connectivity index (χ1) is 15.5. The smallest absolute Gasteiger partial charge is 0.271 e. The minimum absolute atomic E-state index is 0. The number of rotatable bonds is 7. The first-order valence-electron chi connectivity index (χ1n) is 11.6. The fourth-order valence-electron chi connectivity index (χ4n) is 4.23. The number of hydrogen-bond acceptors (Lipinski definition) is 4. The van der Waals surface area contributed by atoms with E-state index in [9.17, 15) is 4.79 Å². The quantitative estimate of drug-likeness (QED) is 0.453. The summed E-state index contributed by atoms with van der Waals surface area (Å²) in [6.45, 7) is 12.6. The molecule has 1 aliphatic heterocycles. The van der Waals surface area contributed by atoms with Crippen molar-refractivity contribution in [1.29, 1.82) is 0 Å². The first kappa shape index (κ1) is 28.1. The summed E-state index contributed by atoms with van der Waals surface area (Å²) in [6.07, 6.45) is 0. The second-order valence-electron chi connectivity index (χ2n) is 9.34. The van der Waals surface area contributed by atoms with Gasteiger partial charge in [0.2, 0.25) is 0 Å². The van der Waals surface area contributed by atoms with Crippen molar-refractivity contribution >= 4 is 24.8 Å².